The van der Waals surface area contributed by atoms with Crippen molar-refractivity contribution >= 4 is 6.29 Å². The van der Waals surface area contributed by atoms with Gasteiger partial charge in [0.1, 0.15) is 12.3 Å². The number of nitrogens with zero attached hydrogens (tertiary/aromatic N) is 2. The highest BCUT2D eigenvalue weighted by Gasteiger charge is 2.23. The predicted molar refractivity (Wildman–Crippen MR) is 39.1 cm³/mol. The van der Waals surface area contributed by atoms with Gasteiger partial charge < -0.3 is 9.80 Å². The monoisotopic (exact) mass is 140 g/mol. The van der Waals surface area contributed by atoms with Crippen molar-refractivity contribution in [2.24, 2.45) is 0 Å². The molecule has 1 aliphatic heterocycles. The van der Waals surface area contributed by atoms with Crippen LogP contribution >= 0.6 is 0 Å². The van der Waals surface area contributed by atoms with Gasteiger partial charge in [-0.05, 0) is 12.5 Å². The first-order chi connectivity index (χ1) is 4.66. The summed E-state index contributed by atoms with van der Waals surface area (Å²) in [6.07, 6.45) is 2.91. The lowest BCUT2D eigenvalue weighted by Crippen LogP contribution is -2.36. The van der Waals surface area contributed by atoms with Gasteiger partial charge in [-0.2, -0.15) is 0 Å². The molecular formula is C7H12N2O. The highest BCUT2D eigenvalue weighted by molar-refractivity contribution is 5.63. The van der Waals surface area contributed by atoms with Crippen LogP contribution in [0.4, 0.5) is 0 Å². The molecule has 0 aliphatic carbocycles. The summed E-state index contributed by atoms with van der Waals surface area (Å²) in [6, 6.07) is -0.0509. The molecule has 1 heterocycles. The maximum absolute atomic E-state index is 10.5. The minimum absolute atomic E-state index is 0.0509. The fraction of sp³-hybridized carbons (Fsp3) is 0.571. The number of hydrogen-bond acceptors (Lipinski definition) is 3. The van der Waals surface area contributed by atoms with Crippen LogP contribution in [-0.2, 0) is 4.79 Å². The van der Waals surface area contributed by atoms with Gasteiger partial charge in [0.15, 0.2) is 0 Å². The van der Waals surface area contributed by atoms with Crippen LogP contribution in [0.15, 0.2) is 11.8 Å². The number of carbonyl (C=O) groups excluding carboxylic acids is 1. The summed E-state index contributed by atoms with van der Waals surface area (Å²) in [5, 5.41) is 3.80. The van der Waals surface area contributed by atoms with Crippen molar-refractivity contribution in [2.45, 2.75) is 13.0 Å². The second-order valence-electron chi connectivity index (χ2n) is 2.60. The molecule has 0 fully saturated rings. The Morgan fingerprint density at radius 2 is 2.20 bits per heavy atom. The Morgan fingerprint density at radius 1 is 1.60 bits per heavy atom. The van der Waals surface area contributed by atoms with E-state index >= 15 is 0 Å². The molecule has 0 aromatic rings. The zero-order valence-corrected chi connectivity index (χ0v) is 6.53. The Hall–Kier alpha value is -0.830. The lowest BCUT2D eigenvalue weighted by atomic mass is 10.2. The number of rotatable bonds is 1. The molecule has 1 unspecified atom stereocenters. The average molecular weight is 140 g/mol. The van der Waals surface area contributed by atoms with Crippen molar-refractivity contribution in [1.82, 2.24) is 10.0 Å². The van der Waals surface area contributed by atoms with Crippen molar-refractivity contribution in [3.8, 4) is 0 Å². The summed E-state index contributed by atoms with van der Waals surface area (Å²) >= 11 is 0. The van der Waals surface area contributed by atoms with Crippen LogP contribution in [0.3, 0.4) is 0 Å². The zero-order valence-electron chi connectivity index (χ0n) is 6.53. The van der Waals surface area contributed by atoms with E-state index in [-0.39, 0.29) is 6.04 Å². The SMILES string of the molecule is CC1=CN(C)N(C)C1C=O. The van der Waals surface area contributed by atoms with E-state index in [0.29, 0.717) is 0 Å². The Kier molecular flexibility index (Phi) is 1.76. The normalized spacial score (nSPS) is 26.9. The summed E-state index contributed by atoms with van der Waals surface area (Å²) in [4.78, 5) is 10.5. The van der Waals surface area contributed by atoms with Crippen LogP contribution in [0, 0.1) is 0 Å². The molecule has 0 bridgehead atoms. The molecular weight excluding hydrogens is 128 g/mol. The van der Waals surface area contributed by atoms with E-state index < -0.39 is 0 Å². The number of aldehydes is 1. The van der Waals surface area contributed by atoms with Crippen LogP contribution in [0.5, 0.6) is 0 Å². The first kappa shape index (κ1) is 7.28. The molecule has 0 aromatic carbocycles. The molecule has 0 aromatic heterocycles. The van der Waals surface area contributed by atoms with Gasteiger partial charge in [0.25, 0.3) is 0 Å². The lowest BCUT2D eigenvalue weighted by Gasteiger charge is -2.23. The molecule has 0 saturated carbocycles. The highest BCUT2D eigenvalue weighted by atomic mass is 16.1. The second kappa shape index (κ2) is 2.42. The van der Waals surface area contributed by atoms with E-state index in [1.54, 1.807) is 0 Å². The molecule has 0 N–H and O–H groups in total. The van der Waals surface area contributed by atoms with E-state index in [1.807, 2.05) is 37.2 Å². The summed E-state index contributed by atoms with van der Waals surface area (Å²) in [5.41, 5.74) is 1.10. The quantitative estimate of drug-likeness (QED) is 0.488. The lowest BCUT2D eigenvalue weighted by molar-refractivity contribution is -0.113. The maximum atomic E-state index is 10.5. The van der Waals surface area contributed by atoms with E-state index in [0.717, 1.165) is 11.9 Å². The molecule has 3 heteroatoms. The van der Waals surface area contributed by atoms with Crippen molar-refractivity contribution in [3.63, 3.8) is 0 Å². The molecule has 3 nitrogen and oxygen atoms in total. The van der Waals surface area contributed by atoms with Crippen LogP contribution in [0.1, 0.15) is 6.92 Å². The van der Waals surface area contributed by atoms with Gasteiger partial charge in [-0.1, -0.05) is 0 Å². The number of carbonyl (C=O) groups is 1. The fourth-order valence-electron chi connectivity index (χ4n) is 1.15. The number of hydrazine groups is 1. The Balaban J connectivity index is 2.77. The third-order valence-electron chi connectivity index (χ3n) is 1.89. The molecule has 0 amide bonds. The van der Waals surface area contributed by atoms with Crippen LogP contribution in [0.2, 0.25) is 0 Å². The smallest absolute Gasteiger partial charge is 0.143 e. The van der Waals surface area contributed by atoms with Gasteiger partial charge in [0, 0.05) is 20.3 Å². The van der Waals surface area contributed by atoms with E-state index in [1.165, 1.54) is 0 Å². The van der Waals surface area contributed by atoms with Gasteiger partial charge in [0.05, 0.1) is 0 Å². The molecule has 10 heavy (non-hydrogen) atoms. The molecule has 0 saturated heterocycles. The zero-order chi connectivity index (χ0) is 7.72. The maximum Gasteiger partial charge on any atom is 0.143 e. The average Bonchev–Trinajstić information content (AvgIpc) is 2.09. The number of likely N-dealkylation sites (N-methyl/N-ethyl adjacent to an activating group) is 1. The van der Waals surface area contributed by atoms with Gasteiger partial charge in [-0.15, -0.1) is 0 Å². The molecule has 0 radical (unpaired) electrons. The van der Waals surface area contributed by atoms with E-state index in [9.17, 15) is 4.79 Å². The van der Waals surface area contributed by atoms with E-state index in [2.05, 4.69) is 0 Å². The van der Waals surface area contributed by atoms with Crippen molar-refractivity contribution in [1.29, 1.82) is 0 Å². The Bertz CT molecular complexity index is 176. The first-order valence-electron chi connectivity index (χ1n) is 3.26. The first-order valence-corrected chi connectivity index (χ1v) is 3.26. The van der Waals surface area contributed by atoms with Crippen LogP contribution in [0.25, 0.3) is 0 Å². The third-order valence-corrected chi connectivity index (χ3v) is 1.89. The predicted octanol–water partition coefficient (Wildman–Crippen LogP) is 0.250. The van der Waals surface area contributed by atoms with Crippen LogP contribution < -0.4 is 0 Å². The Morgan fingerprint density at radius 3 is 2.40 bits per heavy atom. The van der Waals surface area contributed by atoms with Crippen molar-refractivity contribution in [2.75, 3.05) is 14.1 Å². The highest BCUT2D eigenvalue weighted by Crippen LogP contribution is 2.16. The Labute approximate surface area is 60.9 Å². The van der Waals surface area contributed by atoms with Gasteiger partial charge in [-0.3, -0.25) is 0 Å². The van der Waals surface area contributed by atoms with Crippen molar-refractivity contribution < 1.29 is 4.79 Å². The summed E-state index contributed by atoms with van der Waals surface area (Å²) < 4.78 is 0. The van der Waals surface area contributed by atoms with Crippen LogP contribution in [-0.4, -0.2) is 36.4 Å². The summed E-state index contributed by atoms with van der Waals surface area (Å²) in [7, 11) is 3.82. The van der Waals surface area contributed by atoms with Gasteiger partial charge in [-0.25, -0.2) is 5.01 Å². The third kappa shape index (κ3) is 0.926. The summed E-state index contributed by atoms with van der Waals surface area (Å²) in [5.74, 6) is 0. The van der Waals surface area contributed by atoms with Crippen molar-refractivity contribution in [3.05, 3.63) is 11.8 Å². The molecule has 0 spiro atoms. The van der Waals surface area contributed by atoms with E-state index in [4.69, 9.17) is 0 Å². The molecule has 1 aliphatic rings. The molecule has 1 atom stereocenters. The number of hydrogen-bond donors (Lipinski definition) is 0. The minimum atomic E-state index is -0.0509. The largest absolute Gasteiger partial charge is 0.315 e. The van der Waals surface area contributed by atoms with Gasteiger partial charge >= 0.3 is 0 Å². The molecule has 56 valence electrons. The second-order valence-corrected chi connectivity index (χ2v) is 2.60. The fourth-order valence-corrected chi connectivity index (χ4v) is 1.15. The van der Waals surface area contributed by atoms with Gasteiger partial charge in [0.2, 0.25) is 0 Å². The topological polar surface area (TPSA) is 23.6 Å². The summed E-state index contributed by atoms with van der Waals surface area (Å²) in [6.45, 7) is 1.96. The minimum Gasteiger partial charge on any atom is -0.315 e. The standard InChI is InChI=1S/C7H12N2O/c1-6-4-8(2)9(3)7(6)5-10/h4-5,7H,1-3H3. The molecule has 1 rings (SSSR count).